The lowest BCUT2D eigenvalue weighted by molar-refractivity contribution is -0.386. The second-order valence-corrected chi connectivity index (χ2v) is 4.08. The van der Waals surface area contributed by atoms with E-state index in [-0.39, 0.29) is 5.56 Å². The van der Waals surface area contributed by atoms with Crippen LogP contribution in [0.3, 0.4) is 0 Å². The Kier molecular flexibility index (Phi) is 4.30. The Morgan fingerprint density at radius 3 is 2.42 bits per heavy atom. The number of nitro benzene ring substituents is 1. The third-order valence-electron chi connectivity index (χ3n) is 2.04. The van der Waals surface area contributed by atoms with E-state index in [1.807, 2.05) is 0 Å². The average molecular weight is 340 g/mol. The Bertz CT molecular complexity index is 569. The number of halogens is 4. The molecule has 0 unspecified atom stereocenters. The Hall–Kier alpha value is -1.90. The molecular weight excluding hydrogens is 335 g/mol. The molecule has 0 aliphatic carbocycles. The smallest absolute Gasteiger partial charge is 0.417 e. The van der Waals surface area contributed by atoms with Crippen LogP contribution in [0.1, 0.15) is 11.1 Å². The fourth-order valence-electron chi connectivity index (χ4n) is 1.28. The molecule has 0 saturated heterocycles. The molecule has 0 spiro atoms. The summed E-state index contributed by atoms with van der Waals surface area (Å²) in [6.45, 7) is 0. The molecule has 1 N–H and O–H groups in total. The zero-order valence-electron chi connectivity index (χ0n) is 8.94. The number of nitrogens with zero attached hydrogens (tertiary/aromatic N) is 1. The molecule has 1 aromatic rings. The third-order valence-corrected chi connectivity index (χ3v) is 2.84. The summed E-state index contributed by atoms with van der Waals surface area (Å²) in [5, 5.41) is 19.2. The first-order valence-electron chi connectivity index (χ1n) is 4.59. The summed E-state index contributed by atoms with van der Waals surface area (Å²) < 4.78 is 37.0. The lowest BCUT2D eigenvalue weighted by atomic mass is 10.1. The molecular formula is C10H5BrF3NO4. The van der Waals surface area contributed by atoms with Crippen LogP contribution < -0.4 is 0 Å². The first-order valence-corrected chi connectivity index (χ1v) is 5.39. The molecule has 102 valence electrons. The van der Waals surface area contributed by atoms with Gasteiger partial charge >= 0.3 is 12.1 Å². The fraction of sp³-hybridized carbons (Fsp3) is 0.100. The van der Waals surface area contributed by atoms with Crippen molar-refractivity contribution < 1.29 is 28.0 Å². The van der Waals surface area contributed by atoms with Gasteiger partial charge in [0, 0.05) is 6.08 Å². The number of nitro groups is 1. The maximum Gasteiger partial charge on any atom is 0.417 e. The second-order valence-electron chi connectivity index (χ2n) is 3.29. The van der Waals surface area contributed by atoms with E-state index in [4.69, 9.17) is 5.11 Å². The zero-order chi connectivity index (χ0) is 14.8. The molecule has 0 atom stereocenters. The normalized spacial score (nSPS) is 11.8. The van der Waals surface area contributed by atoms with Crippen molar-refractivity contribution in [3.63, 3.8) is 0 Å². The lowest BCUT2D eigenvalue weighted by Crippen LogP contribution is -2.08. The molecule has 0 aliphatic heterocycles. The van der Waals surface area contributed by atoms with Crippen LogP contribution in [0, 0.1) is 10.1 Å². The first kappa shape index (κ1) is 15.2. The minimum absolute atomic E-state index is 0.243. The van der Waals surface area contributed by atoms with Gasteiger partial charge in [-0.25, -0.2) is 4.79 Å². The van der Waals surface area contributed by atoms with Crippen molar-refractivity contribution in [2.45, 2.75) is 6.18 Å². The predicted molar refractivity (Wildman–Crippen MR) is 62.5 cm³/mol. The number of hydrogen-bond donors (Lipinski definition) is 1. The second kappa shape index (κ2) is 5.39. The average Bonchev–Trinajstić information content (AvgIpc) is 2.23. The van der Waals surface area contributed by atoms with Gasteiger partial charge in [0.15, 0.2) is 0 Å². The number of alkyl halides is 3. The van der Waals surface area contributed by atoms with Crippen LogP contribution in [0.5, 0.6) is 0 Å². The number of carboxylic acid groups (broad SMARTS) is 1. The summed E-state index contributed by atoms with van der Waals surface area (Å²) in [6.07, 6.45) is -3.30. The standard InChI is InChI=1S/C10H5BrF3NO4/c11-8-6(10(12,13)14)3-1-5(2-4-7(16)17)9(8)15(18)19/h1-4H,(H,16,17)/b4-2+. The minimum atomic E-state index is -4.75. The van der Waals surface area contributed by atoms with Gasteiger partial charge in [-0.2, -0.15) is 13.2 Å². The van der Waals surface area contributed by atoms with Crippen molar-refractivity contribution in [1.29, 1.82) is 0 Å². The number of rotatable bonds is 3. The number of aliphatic carboxylic acids is 1. The maximum absolute atomic E-state index is 12.6. The largest absolute Gasteiger partial charge is 0.478 e. The van der Waals surface area contributed by atoms with E-state index in [1.165, 1.54) is 0 Å². The highest BCUT2D eigenvalue weighted by atomic mass is 79.9. The zero-order valence-corrected chi connectivity index (χ0v) is 10.5. The first-order chi connectivity index (χ1) is 8.64. The molecule has 0 amide bonds. The van der Waals surface area contributed by atoms with Gasteiger partial charge in [-0.05, 0) is 34.1 Å². The topological polar surface area (TPSA) is 80.4 Å². The molecule has 0 radical (unpaired) electrons. The van der Waals surface area contributed by atoms with Gasteiger partial charge in [0.2, 0.25) is 0 Å². The molecule has 0 saturated carbocycles. The monoisotopic (exact) mass is 339 g/mol. The molecule has 5 nitrogen and oxygen atoms in total. The highest BCUT2D eigenvalue weighted by molar-refractivity contribution is 9.10. The molecule has 9 heteroatoms. The molecule has 19 heavy (non-hydrogen) atoms. The molecule has 0 heterocycles. The van der Waals surface area contributed by atoms with Crippen LogP contribution in [0.25, 0.3) is 6.08 Å². The highest BCUT2D eigenvalue weighted by Crippen LogP contribution is 2.41. The summed E-state index contributed by atoms with van der Waals surface area (Å²) in [4.78, 5) is 20.1. The summed E-state index contributed by atoms with van der Waals surface area (Å²) in [6, 6.07) is 1.48. The number of benzene rings is 1. The quantitative estimate of drug-likeness (QED) is 0.519. The van der Waals surface area contributed by atoms with Gasteiger partial charge in [-0.15, -0.1) is 0 Å². The fourth-order valence-corrected chi connectivity index (χ4v) is 2.01. The van der Waals surface area contributed by atoms with E-state index in [1.54, 1.807) is 0 Å². The van der Waals surface area contributed by atoms with Crippen molar-refractivity contribution in [3.05, 3.63) is 43.9 Å². The van der Waals surface area contributed by atoms with Crippen LogP contribution in [-0.4, -0.2) is 16.0 Å². The van der Waals surface area contributed by atoms with Crippen LogP contribution in [0.4, 0.5) is 18.9 Å². The molecule has 0 bridgehead atoms. The van der Waals surface area contributed by atoms with Crippen molar-refractivity contribution in [3.8, 4) is 0 Å². The summed E-state index contributed by atoms with van der Waals surface area (Å²) in [5.41, 5.74) is -2.29. The third kappa shape index (κ3) is 3.53. The molecule has 0 fully saturated rings. The predicted octanol–water partition coefficient (Wildman–Crippen LogP) is 3.47. The Morgan fingerprint density at radius 2 is 2.00 bits per heavy atom. The van der Waals surface area contributed by atoms with Gasteiger partial charge in [0.25, 0.3) is 5.69 Å². The van der Waals surface area contributed by atoms with Crippen molar-refractivity contribution in [2.75, 3.05) is 0 Å². The Balaban J connectivity index is 3.49. The Morgan fingerprint density at radius 1 is 1.42 bits per heavy atom. The van der Waals surface area contributed by atoms with Gasteiger partial charge < -0.3 is 5.11 Å². The number of carbonyl (C=O) groups is 1. The van der Waals surface area contributed by atoms with Gasteiger partial charge in [-0.1, -0.05) is 0 Å². The SMILES string of the molecule is O=C(O)/C=C/c1ccc(C(F)(F)F)c(Br)c1[N+](=O)[O-]. The summed E-state index contributed by atoms with van der Waals surface area (Å²) in [7, 11) is 0. The van der Waals surface area contributed by atoms with Crippen molar-refractivity contribution in [1.82, 2.24) is 0 Å². The molecule has 0 aliphatic rings. The van der Waals surface area contributed by atoms with E-state index in [9.17, 15) is 28.1 Å². The number of carboxylic acids is 1. The van der Waals surface area contributed by atoms with E-state index in [0.717, 1.165) is 12.1 Å². The van der Waals surface area contributed by atoms with Crippen LogP contribution >= 0.6 is 15.9 Å². The summed E-state index contributed by atoms with van der Waals surface area (Å²) >= 11 is 2.53. The minimum Gasteiger partial charge on any atom is -0.478 e. The highest BCUT2D eigenvalue weighted by Gasteiger charge is 2.36. The van der Waals surface area contributed by atoms with E-state index in [0.29, 0.717) is 12.1 Å². The van der Waals surface area contributed by atoms with E-state index in [2.05, 4.69) is 15.9 Å². The lowest BCUT2D eigenvalue weighted by Gasteiger charge is -2.10. The van der Waals surface area contributed by atoms with Crippen molar-refractivity contribution >= 4 is 33.7 Å². The van der Waals surface area contributed by atoms with E-state index >= 15 is 0 Å². The van der Waals surface area contributed by atoms with Crippen LogP contribution in [-0.2, 0) is 11.0 Å². The van der Waals surface area contributed by atoms with Gasteiger partial charge in [-0.3, -0.25) is 10.1 Å². The number of hydrogen-bond acceptors (Lipinski definition) is 3. The van der Waals surface area contributed by atoms with Crippen LogP contribution in [0.2, 0.25) is 0 Å². The molecule has 1 aromatic carbocycles. The molecule has 1 rings (SSSR count). The Labute approximate surface area is 112 Å². The van der Waals surface area contributed by atoms with Gasteiger partial charge in [0.1, 0.15) is 4.47 Å². The van der Waals surface area contributed by atoms with Crippen molar-refractivity contribution in [2.24, 2.45) is 0 Å². The van der Waals surface area contributed by atoms with Crippen LogP contribution in [0.15, 0.2) is 22.7 Å². The molecule has 0 aromatic heterocycles. The van der Waals surface area contributed by atoms with Gasteiger partial charge in [0.05, 0.1) is 16.1 Å². The summed E-state index contributed by atoms with van der Waals surface area (Å²) in [5.74, 6) is -1.37. The maximum atomic E-state index is 12.6. The van der Waals surface area contributed by atoms with E-state index < -0.39 is 32.8 Å².